The SMILES string of the molecule is CC1CN(c2ccc(CNC(=O)c3cccnc3SC(F)F)cc2F)CC(C)O1. The molecule has 5 nitrogen and oxygen atoms in total. The van der Waals surface area contributed by atoms with Gasteiger partial charge in [0.25, 0.3) is 11.7 Å². The van der Waals surface area contributed by atoms with Gasteiger partial charge in [-0.05, 0) is 55.4 Å². The Kier molecular flexibility index (Phi) is 7.02. The molecule has 1 N–H and O–H groups in total. The van der Waals surface area contributed by atoms with E-state index < -0.39 is 11.7 Å². The Morgan fingerprint density at radius 2 is 2.03 bits per heavy atom. The highest BCUT2D eigenvalue weighted by Gasteiger charge is 2.24. The van der Waals surface area contributed by atoms with Gasteiger partial charge in [0.1, 0.15) is 10.8 Å². The van der Waals surface area contributed by atoms with Gasteiger partial charge in [-0.15, -0.1) is 0 Å². The minimum absolute atomic E-state index is 0.0110. The highest BCUT2D eigenvalue weighted by Crippen LogP contribution is 2.27. The van der Waals surface area contributed by atoms with E-state index in [1.807, 2.05) is 18.7 Å². The van der Waals surface area contributed by atoms with Gasteiger partial charge in [0, 0.05) is 25.8 Å². The Hall–Kier alpha value is -2.26. The third-order valence-corrected chi connectivity index (χ3v) is 5.17. The van der Waals surface area contributed by atoms with Crippen molar-refractivity contribution in [1.29, 1.82) is 0 Å². The summed E-state index contributed by atoms with van der Waals surface area (Å²) in [5.74, 6) is -3.60. The van der Waals surface area contributed by atoms with Crippen molar-refractivity contribution in [2.75, 3.05) is 18.0 Å². The molecule has 0 saturated carbocycles. The molecule has 3 rings (SSSR count). The highest BCUT2D eigenvalue weighted by atomic mass is 32.2. The van der Waals surface area contributed by atoms with E-state index in [0.717, 1.165) is 0 Å². The molecule has 1 aliphatic heterocycles. The summed E-state index contributed by atoms with van der Waals surface area (Å²) in [6.45, 7) is 5.17. The summed E-state index contributed by atoms with van der Waals surface area (Å²) in [5, 5.41) is 2.59. The molecule has 2 aromatic rings. The first-order valence-corrected chi connectivity index (χ1v) is 10.1. The van der Waals surface area contributed by atoms with Crippen molar-refractivity contribution < 1.29 is 22.7 Å². The molecule has 156 valence electrons. The fourth-order valence-electron chi connectivity index (χ4n) is 3.31. The number of thioether (sulfide) groups is 1. The molecule has 0 aliphatic carbocycles. The lowest BCUT2D eigenvalue weighted by atomic mass is 10.1. The Bertz CT molecular complexity index is 859. The number of carbonyl (C=O) groups excluding carboxylic acids is 1. The maximum Gasteiger partial charge on any atom is 0.290 e. The predicted octanol–water partition coefficient (Wildman–Crippen LogP) is 4.08. The van der Waals surface area contributed by atoms with Crippen LogP contribution in [0.1, 0.15) is 29.8 Å². The number of anilines is 1. The largest absolute Gasteiger partial charge is 0.372 e. The maximum atomic E-state index is 14.7. The van der Waals surface area contributed by atoms with Crippen molar-refractivity contribution >= 4 is 23.4 Å². The lowest BCUT2D eigenvalue weighted by Crippen LogP contribution is -2.45. The standard InChI is InChI=1S/C20H22F3N3O2S/c1-12-10-26(11-13(2)28-12)17-6-5-14(8-16(17)21)9-25-18(27)15-4-3-7-24-19(15)29-20(22)23/h3-8,12-13,20H,9-11H2,1-2H3,(H,25,27). The first-order chi connectivity index (χ1) is 13.8. The van der Waals surface area contributed by atoms with Gasteiger partial charge in [-0.3, -0.25) is 4.79 Å². The summed E-state index contributed by atoms with van der Waals surface area (Å²) in [5.41, 5.74) is 1.12. The van der Waals surface area contributed by atoms with Crippen molar-refractivity contribution in [1.82, 2.24) is 10.3 Å². The van der Waals surface area contributed by atoms with Crippen LogP contribution in [-0.2, 0) is 11.3 Å². The molecule has 2 atom stereocenters. The van der Waals surface area contributed by atoms with Crippen LogP contribution in [-0.4, -0.2) is 41.9 Å². The zero-order valence-corrected chi connectivity index (χ0v) is 16.9. The second kappa shape index (κ2) is 9.49. The van der Waals surface area contributed by atoms with Crippen LogP contribution in [0, 0.1) is 5.82 Å². The van der Waals surface area contributed by atoms with Crippen molar-refractivity contribution in [3.05, 3.63) is 53.5 Å². The maximum absolute atomic E-state index is 14.7. The number of nitrogens with one attached hydrogen (secondary N) is 1. The number of hydrogen-bond acceptors (Lipinski definition) is 5. The second-order valence-electron chi connectivity index (χ2n) is 6.87. The number of nitrogens with zero attached hydrogens (tertiary/aromatic N) is 2. The van der Waals surface area contributed by atoms with Crippen LogP contribution in [0.25, 0.3) is 0 Å². The van der Waals surface area contributed by atoms with Gasteiger partial charge in [0.2, 0.25) is 0 Å². The van der Waals surface area contributed by atoms with Crippen LogP contribution in [0.5, 0.6) is 0 Å². The number of morpholine rings is 1. The van der Waals surface area contributed by atoms with Crippen molar-refractivity contribution in [2.45, 2.75) is 43.4 Å². The van der Waals surface area contributed by atoms with Crippen molar-refractivity contribution in [2.24, 2.45) is 0 Å². The molecule has 1 saturated heterocycles. The first kappa shape index (κ1) is 21.4. The van der Waals surface area contributed by atoms with Crippen molar-refractivity contribution in [3.63, 3.8) is 0 Å². The van der Waals surface area contributed by atoms with E-state index >= 15 is 0 Å². The molecule has 0 spiro atoms. The zero-order valence-electron chi connectivity index (χ0n) is 16.1. The minimum atomic E-state index is -2.68. The molecule has 0 bridgehead atoms. The fourth-order valence-corrected chi connectivity index (χ4v) is 3.89. The molecule has 9 heteroatoms. The van der Waals surface area contributed by atoms with Crippen LogP contribution in [0.4, 0.5) is 18.9 Å². The van der Waals surface area contributed by atoms with Gasteiger partial charge in [-0.1, -0.05) is 6.07 Å². The van der Waals surface area contributed by atoms with E-state index in [-0.39, 0.29) is 46.9 Å². The molecule has 1 amide bonds. The normalized spacial score (nSPS) is 19.4. The molecule has 1 fully saturated rings. The summed E-state index contributed by atoms with van der Waals surface area (Å²) in [6, 6.07) is 7.73. The van der Waals surface area contributed by atoms with Crippen molar-refractivity contribution in [3.8, 4) is 0 Å². The monoisotopic (exact) mass is 425 g/mol. The third kappa shape index (κ3) is 5.63. The number of carbonyl (C=O) groups is 1. The zero-order chi connectivity index (χ0) is 21.0. The number of halogens is 3. The number of hydrogen-bond donors (Lipinski definition) is 1. The summed E-state index contributed by atoms with van der Waals surface area (Å²) >= 11 is 0.215. The number of aromatic nitrogens is 1. The average Bonchev–Trinajstić information content (AvgIpc) is 2.65. The van der Waals surface area contributed by atoms with E-state index in [9.17, 15) is 18.0 Å². The van der Waals surface area contributed by atoms with Crippen LogP contribution in [0.2, 0.25) is 0 Å². The van der Waals surface area contributed by atoms with Crippen LogP contribution in [0.3, 0.4) is 0 Å². The molecular formula is C20H22F3N3O2S. The number of benzene rings is 1. The van der Waals surface area contributed by atoms with E-state index in [1.54, 1.807) is 12.1 Å². The molecular weight excluding hydrogens is 403 g/mol. The van der Waals surface area contributed by atoms with E-state index in [1.165, 1.54) is 24.4 Å². The summed E-state index contributed by atoms with van der Waals surface area (Å²) in [4.78, 5) is 18.1. The first-order valence-electron chi connectivity index (χ1n) is 9.20. The molecule has 29 heavy (non-hydrogen) atoms. The van der Waals surface area contributed by atoms with Gasteiger partial charge in [-0.25, -0.2) is 9.37 Å². The van der Waals surface area contributed by atoms with E-state index in [4.69, 9.17) is 4.74 Å². The molecule has 1 aromatic heterocycles. The van der Waals surface area contributed by atoms with Gasteiger partial charge in [-0.2, -0.15) is 8.78 Å². The van der Waals surface area contributed by atoms with Crippen LogP contribution < -0.4 is 10.2 Å². The second-order valence-corrected chi connectivity index (χ2v) is 7.84. The summed E-state index contributed by atoms with van der Waals surface area (Å²) < 4.78 is 45.6. The highest BCUT2D eigenvalue weighted by molar-refractivity contribution is 7.99. The average molecular weight is 425 g/mol. The fraction of sp³-hybridized carbons (Fsp3) is 0.400. The van der Waals surface area contributed by atoms with Gasteiger partial charge in [0.15, 0.2) is 0 Å². The molecule has 1 aliphatic rings. The van der Waals surface area contributed by atoms with E-state index in [0.29, 0.717) is 24.3 Å². The van der Waals surface area contributed by atoms with Crippen LogP contribution >= 0.6 is 11.8 Å². The Labute approximate surface area is 171 Å². The third-order valence-electron chi connectivity index (χ3n) is 4.44. The number of alkyl halides is 2. The molecule has 2 unspecified atom stereocenters. The molecule has 2 heterocycles. The molecule has 0 radical (unpaired) electrons. The van der Waals surface area contributed by atoms with Gasteiger partial charge < -0.3 is 15.0 Å². The predicted molar refractivity (Wildman–Crippen MR) is 106 cm³/mol. The summed E-state index contributed by atoms with van der Waals surface area (Å²) in [7, 11) is 0. The Balaban J connectivity index is 1.66. The molecule has 1 aromatic carbocycles. The topological polar surface area (TPSA) is 54.5 Å². The Morgan fingerprint density at radius 3 is 2.69 bits per heavy atom. The number of amides is 1. The quantitative estimate of drug-likeness (QED) is 0.707. The number of ether oxygens (including phenoxy) is 1. The van der Waals surface area contributed by atoms with Gasteiger partial charge in [0.05, 0.1) is 23.5 Å². The smallest absolute Gasteiger partial charge is 0.290 e. The minimum Gasteiger partial charge on any atom is -0.372 e. The van der Waals surface area contributed by atoms with Gasteiger partial charge >= 0.3 is 0 Å². The lowest BCUT2D eigenvalue weighted by Gasteiger charge is -2.37. The number of rotatable bonds is 6. The summed E-state index contributed by atoms with van der Waals surface area (Å²) in [6.07, 6.45) is 1.37. The number of pyridine rings is 1. The Morgan fingerprint density at radius 1 is 1.31 bits per heavy atom. The van der Waals surface area contributed by atoms with Crippen LogP contribution in [0.15, 0.2) is 41.6 Å². The van der Waals surface area contributed by atoms with E-state index in [2.05, 4.69) is 10.3 Å². The lowest BCUT2D eigenvalue weighted by molar-refractivity contribution is -0.00539.